The average molecular weight is 270 g/mol. The number of hydrogen-bond donors (Lipinski definition) is 2. The summed E-state index contributed by atoms with van der Waals surface area (Å²) in [6.07, 6.45) is 0.726. The molecule has 1 unspecified atom stereocenters. The van der Waals surface area contributed by atoms with Crippen molar-refractivity contribution in [3.8, 4) is 0 Å². The van der Waals surface area contributed by atoms with Gasteiger partial charge in [-0.25, -0.2) is 0 Å². The third-order valence-electron chi connectivity index (χ3n) is 3.41. The number of amides is 1. The zero-order valence-corrected chi connectivity index (χ0v) is 11.7. The monoisotopic (exact) mass is 270 g/mol. The lowest BCUT2D eigenvalue weighted by atomic mass is 10.1. The Balaban J connectivity index is 2.31. The summed E-state index contributed by atoms with van der Waals surface area (Å²) in [5, 5.41) is 3.04. The fourth-order valence-corrected chi connectivity index (χ4v) is 2.39. The minimum atomic E-state index is -0.459. The molecule has 3 heteroatoms. The number of rotatable bonds is 5. The van der Waals surface area contributed by atoms with E-state index in [2.05, 4.69) is 17.4 Å². The highest BCUT2D eigenvalue weighted by Crippen LogP contribution is 2.25. The van der Waals surface area contributed by atoms with Crippen molar-refractivity contribution in [3.63, 3.8) is 0 Å². The normalized spacial score (nSPS) is 13.5. The van der Waals surface area contributed by atoms with Crippen molar-refractivity contribution in [2.24, 2.45) is 5.73 Å². The molecule has 20 heavy (non-hydrogen) atoms. The number of carbonyl (C=O) groups excluding carboxylic acids is 1. The second kappa shape index (κ2) is 6.35. The van der Waals surface area contributed by atoms with Crippen LogP contribution in [0.1, 0.15) is 18.1 Å². The van der Waals surface area contributed by atoms with E-state index in [0.29, 0.717) is 0 Å². The van der Waals surface area contributed by atoms with Crippen LogP contribution < -0.4 is 11.1 Å². The first kappa shape index (κ1) is 14.3. The molecule has 0 bridgehead atoms. The van der Waals surface area contributed by atoms with E-state index in [1.54, 1.807) is 0 Å². The fourth-order valence-electron chi connectivity index (χ4n) is 2.39. The van der Waals surface area contributed by atoms with Crippen LogP contribution in [0.4, 0.5) is 0 Å². The van der Waals surface area contributed by atoms with Crippen LogP contribution in [0.3, 0.4) is 0 Å². The second-order valence-electron chi connectivity index (χ2n) is 5.11. The van der Waals surface area contributed by atoms with Crippen molar-refractivity contribution < 1.29 is 4.79 Å². The van der Waals surface area contributed by atoms with Crippen molar-refractivity contribution in [2.45, 2.75) is 18.9 Å². The Morgan fingerprint density at radius 3 is 2.15 bits per heavy atom. The molecule has 0 fully saturated rings. The van der Waals surface area contributed by atoms with E-state index in [-0.39, 0.29) is 12.5 Å². The molecule has 0 aromatic heterocycles. The standard InChI is InChI=1S/C17H20N2O/c1-17(19-16(20)13-18,15-10-6-3-7-11-15)12-14-8-4-2-5-9-14/h2-11H,12-13,18H2,1H3,(H,19,20)/i1+1,17+1. The maximum absolute atomic E-state index is 11.8. The van der Waals surface area contributed by atoms with Gasteiger partial charge in [0.15, 0.2) is 0 Å². The van der Waals surface area contributed by atoms with Crippen LogP contribution in [0.25, 0.3) is 0 Å². The minimum absolute atomic E-state index is 0.00276. The third kappa shape index (κ3) is 3.45. The highest BCUT2D eigenvalue weighted by atomic mass is 16.2. The zero-order valence-electron chi connectivity index (χ0n) is 11.7. The summed E-state index contributed by atoms with van der Waals surface area (Å²) < 4.78 is 0. The van der Waals surface area contributed by atoms with E-state index in [0.717, 1.165) is 12.0 Å². The maximum atomic E-state index is 11.8. The highest BCUT2D eigenvalue weighted by Gasteiger charge is 2.28. The molecule has 0 aliphatic heterocycles. The summed E-state index contributed by atoms with van der Waals surface area (Å²) in [5.41, 5.74) is 7.23. The molecular formula is C17H20N2O. The Morgan fingerprint density at radius 1 is 1.05 bits per heavy atom. The quantitative estimate of drug-likeness (QED) is 0.819. The van der Waals surface area contributed by atoms with Gasteiger partial charge in [0.1, 0.15) is 0 Å². The predicted octanol–water partition coefficient (Wildman–Crippen LogP) is 2.22. The molecule has 1 amide bonds. The summed E-state index contributed by atoms with van der Waals surface area (Å²) in [4.78, 5) is 11.8. The lowest BCUT2D eigenvalue weighted by Crippen LogP contribution is -2.47. The van der Waals surface area contributed by atoms with Gasteiger partial charge in [0.05, 0.1) is 12.1 Å². The van der Waals surface area contributed by atoms with Crippen LogP contribution in [0.15, 0.2) is 60.7 Å². The second-order valence-corrected chi connectivity index (χ2v) is 5.11. The van der Waals surface area contributed by atoms with Crippen molar-refractivity contribution >= 4 is 5.91 Å². The van der Waals surface area contributed by atoms with Gasteiger partial charge in [-0.3, -0.25) is 4.79 Å². The van der Waals surface area contributed by atoms with Crippen molar-refractivity contribution in [2.75, 3.05) is 6.54 Å². The van der Waals surface area contributed by atoms with Crippen LogP contribution in [-0.4, -0.2) is 12.5 Å². The molecule has 104 valence electrons. The summed E-state index contributed by atoms with van der Waals surface area (Å²) in [7, 11) is 0. The number of nitrogens with two attached hydrogens (primary N) is 1. The third-order valence-corrected chi connectivity index (χ3v) is 3.41. The molecule has 0 heterocycles. The molecule has 0 saturated heterocycles. The van der Waals surface area contributed by atoms with Gasteiger partial charge in [0.25, 0.3) is 0 Å². The number of benzene rings is 2. The van der Waals surface area contributed by atoms with Crippen molar-refractivity contribution in [1.29, 1.82) is 0 Å². The van der Waals surface area contributed by atoms with Gasteiger partial charge in [0.2, 0.25) is 5.91 Å². The highest BCUT2D eigenvalue weighted by molar-refractivity contribution is 5.78. The molecule has 0 radical (unpaired) electrons. The topological polar surface area (TPSA) is 55.1 Å². The first-order valence-electron chi connectivity index (χ1n) is 6.74. The van der Waals surface area contributed by atoms with Gasteiger partial charge in [-0.15, -0.1) is 0 Å². The Morgan fingerprint density at radius 2 is 1.60 bits per heavy atom. The first-order valence-corrected chi connectivity index (χ1v) is 6.74. The van der Waals surface area contributed by atoms with E-state index in [1.807, 2.05) is 55.5 Å². The van der Waals surface area contributed by atoms with E-state index < -0.39 is 5.54 Å². The van der Waals surface area contributed by atoms with Crippen LogP contribution in [0.2, 0.25) is 0 Å². The van der Waals surface area contributed by atoms with Crippen LogP contribution in [0.5, 0.6) is 0 Å². The van der Waals surface area contributed by atoms with Crippen molar-refractivity contribution in [1.82, 2.24) is 5.32 Å². The average Bonchev–Trinajstić information content (AvgIpc) is 2.49. The van der Waals surface area contributed by atoms with Gasteiger partial charge in [0, 0.05) is 0 Å². The lowest BCUT2D eigenvalue weighted by Gasteiger charge is -2.31. The van der Waals surface area contributed by atoms with Crippen LogP contribution >= 0.6 is 0 Å². The minimum Gasteiger partial charge on any atom is -0.345 e. The molecule has 2 rings (SSSR count). The largest absolute Gasteiger partial charge is 0.345 e. The molecule has 0 aliphatic carbocycles. The van der Waals surface area contributed by atoms with Crippen molar-refractivity contribution in [3.05, 3.63) is 71.8 Å². The molecule has 2 aromatic carbocycles. The van der Waals surface area contributed by atoms with Gasteiger partial charge in [-0.2, -0.15) is 0 Å². The SMILES string of the molecule is [13CH3][13C](Cc1ccccc1)(NC(=O)CN)c1ccccc1. The zero-order chi connectivity index (χ0) is 14.4. The number of carbonyl (C=O) groups is 1. The summed E-state index contributed by atoms with van der Waals surface area (Å²) >= 11 is 0. The van der Waals surface area contributed by atoms with E-state index in [1.165, 1.54) is 5.56 Å². The smallest absolute Gasteiger partial charge is 0.234 e. The lowest BCUT2D eigenvalue weighted by molar-refractivity contribution is -0.121. The number of hydrogen-bond acceptors (Lipinski definition) is 2. The summed E-state index contributed by atoms with van der Waals surface area (Å²) in [6, 6.07) is 20.1. The molecule has 0 aliphatic rings. The van der Waals surface area contributed by atoms with Gasteiger partial charge in [-0.1, -0.05) is 60.7 Å². The molecule has 1 atom stereocenters. The molecule has 0 saturated carbocycles. The van der Waals surface area contributed by atoms with E-state index >= 15 is 0 Å². The predicted molar refractivity (Wildman–Crippen MR) is 81.1 cm³/mol. The summed E-state index contributed by atoms with van der Waals surface area (Å²) in [6.45, 7) is 2.03. The Labute approximate surface area is 119 Å². The first-order chi connectivity index (χ1) is 9.64. The van der Waals surface area contributed by atoms with Gasteiger partial charge in [-0.05, 0) is 24.5 Å². The van der Waals surface area contributed by atoms with E-state index in [9.17, 15) is 4.79 Å². The Kier molecular flexibility index (Phi) is 4.53. The van der Waals surface area contributed by atoms with Gasteiger partial charge >= 0.3 is 0 Å². The molecular weight excluding hydrogens is 250 g/mol. The summed E-state index contributed by atoms with van der Waals surface area (Å²) in [5.74, 6) is -0.146. The molecule has 3 nitrogen and oxygen atoms in total. The molecule has 3 N–H and O–H groups in total. The molecule has 2 aromatic rings. The number of nitrogens with one attached hydrogen (secondary N) is 1. The van der Waals surface area contributed by atoms with Crippen LogP contribution in [0, 0.1) is 0 Å². The van der Waals surface area contributed by atoms with Crippen LogP contribution in [-0.2, 0) is 16.8 Å². The molecule has 0 spiro atoms. The fraction of sp³-hybridized carbons (Fsp3) is 0.235. The maximum Gasteiger partial charge on any atom is 0.234 e. The van der Waals surface area contributed by atoms with E-state index in [4.69, 9.17) is 5.73 Å². The Bertz CT molecular complexity index is 554. The Hall–Kier alpha value is -2.13. The van der Waals surface area contributed by atoms with Gasteiger partial charge < -0.3 is 11.1 Å².